The molecule has 11 heavy (non-hydrogen) atoms. The van der Waals surface area contributed by atoms with E-state index >= 15 is 0 Å². The average molecular weight is 158 g/mol. The number of hydrogen-bond acceptors (Lipinski definition) is 3. The molecule has 0 aliphatic carbocycles. The third-order valence-electron chi connectivity index (χ3n) is 2.16. The van der Waals surface area contributed by atoms with Crippen LogP contribution in [0.1, 0.15) is 26.7 Å². The molecule has 2 unspecified atom stereocenters. The molecule has 2 N–H and O–H groups in total. The summed E-state index contributed by atoms with van der Waals surface area (Å²) in [6.07, 6.45) is 1.82. The van der Waals surface area contributed by atoms with Crippen LogP contribution >= 0.6 is 0 Å². The first-order chi connectivity index (χ1) is 5.09. The van der Waals surface area contributed by atoms with Crippen LogP contribution in [0.3, 0.4) is 0 Å². The van der Waals surface area contributed by atoms with E-state index in [4.69, 9.17) is 14.8 Å². The summed E-state index contributed by atoms with van der Waals surface area (Å²) < 4.78 is 5.44. The van der Waals surface area contributed by atoms with Gasteiger partial charge in [-0.15, -0.1) is 0 Å². The van der Waals surface area contributed by atoms with Crippen LogP contribution in [-0.4, -0.2) is 29.4 Å². The lowest BCUT2D eigenvalue weighted by Crippen LogP contribution is -2.34. The lowest BCUT2D eigenvalue weighted by molar-refractivity contribution is -0.0326. The summed E-state index contributed by atoms with van der Waals surface area (Å²) in [5.41, 5.74) is 0. The zero-order valence-electron chi connectivity index (χ0n) is 7.03. The van der Waals surface area contributed by atoms with Crippen molar-refractivity contribution in [3.05, 3.63) is 0 Å². The Balaban J connectivity index is 2.43. The molecule has 0 spiro atoms. The summed E-state index contributed by atoms with van der Waals surface area (Å²) in [5, 5.41) is 17.8. The van der Waals surface area contributed by atoms with Crippen molar-refractivity contribution in [1.82, 2.24) is 0 Å². The Labute approximate surface area is 67.5 Å². The van der Waals surface area contributed by atoms with E-state index in [1.165, 1.54) is 0 Å². The summed E-state index contributed by atoms with van der Waals surface area (Å²) >= 11 is 0. The fourth-order valence-electron chi connectivity index (χ4n) is 1.70. The Morgan fingerprint density at radius 3 is 2.00 bits per heavy atom. The van der Waals surface area contributed by atoms with E-state index in [1.807, 2.05) is 13.8 Å². The maximum atomic E-state index is 8.91. The van der Waals surface area contributed by atoms with Crippen LogP contribution in [0.25, 0.3) is 0 Å². The zero-order chi connectivity index (χ0) is 8.43. The maximum absolute atomic E-state index is 8.91. The highest BCUT2D eigenvalue weighted by Gasteiger charge is 2.31. The lowest BCUT2D eigenvalue weighted by atomic mass is 9.66. The van der Waals surface area contributed by atoms with Crippen LogP contribution in [0.4, 0.5) is 0 Å². The second-order valence-corrected chi connectivity index (χ2v) is 3.40. The van der Waals surface area contributed by atoms with E-state index in [-0.39, 0.29) is 18.0 Å². The fourth-order valence-corrected chi connectivity index (χ4v) is 1.70. The first-order valence-electron chi connectivity index (χ1n) is 4.11. The van der Waals surface area contributed by atoms with Crippen LogP contribution in [0.5, 0.6) is 0 Å². The highest BCUT2D eigenvalue weighted by atomic mass is 16.5. The van der Waals surface area contributed by atoms with E-state index in [9.17, 15) is 0 Å². The molecule has 1 heterocycles. The van der Waals surface area contributed by atoms with Crippen LogP contribution in [-0.2, 0) is 4.74 Å². The van der Waals surface area contributed by atoms with Crippen LogP contribution in [0.2, 0.25) is 5.82 Å². The van der Waals surface area contributed by atoms with E-state index < -0.39 is 7.12 Å². The molecule has 0 aromatic heterocycles. The van der Waals surface area contributed by atoms with E-state index in [1.54, 1.807) is 0 Å². The molecule has 1 rings (SSSR count). The third-order valence-corrected chi connectivity index (χ3v) is 2.16. The molecule has 0 aromatic carbocycles. The fraction of sp³-hybridized carbons (Fsp3) is 1.00. The summed E-state index contributed by atoms with van der Waals surface area (Å²) in [4.78, 5) is 0. The van der Waals surface area contributed by atoms with Crippen molar-refractivity contribution < 1.29 is 14.8 Å². The largest absolute Gasteiger partial charge is 0.454 e. The summed E-state index contributed by atoms with van der Waals surface area (Å²) in [7, 11) is -1.18. The standard InChI is InChI=1S/C7H15BO3/c1-5-3-7(8(9)10)4-6(2)11-5/h5-7,9-10H,3-4H2,1-2H3. The van der Waals surface area contributed by atoms with E-state index in [0.29, 0.717) is 0 Å². The normalized spacial score (nSPS) is 38.7. The molecule has 0 amide bonds. The average Bonchev–Trinajstić information content (AvgIpc) is 1.85. The Hall–Kier alpha value is -0.0551. The highest BCUT2D eigenvalue weighted by Crippen LogP contribution is 2.29. The van der Waals surface area contributed by atoms with Crippen molar-refractivity contribution in [2.45, 2.75) is 44.7 Å². The molecule has 4 heteroatoms. The predicted molar refractivity (Wildman–Crippen MR) is 43.2 cm³/mol. The molecule has 2 atom stereocenters. The molecule has 3 nitrogen and oxygen atoms in total. The summed E-state index contributed by atoms with van der Waals surface area (Å²) in [6, 6.07) is 0. The van der Waals surface area contributed by atoms with Gasteiger partial charge in [0.2, 0.25) is 0 Å². The molecule has 0 saturated carbocycles. The topological polar surface area (TPSA) is 49.7 Å². The number of ether oxygens (including phenoxy) is 1. The number of rotatable bonds is 1. The molecular formula is C7H15BO3. The van der Waals surface area contributed by atoms with Crippen LogP contribution in [0.15, 0.2) is 0 Å². The second-order valence-electron chi connectivity index (χ2n) is 3.40. The Morgan fingerprint density at radius 2 is 1.64 bits per heavy atom. The van der Waals surface area contributed by atoms with Crippen molar-refractivity contribution in [1.29, 1.82) is 0 Å². The monoisotopic (exact) mass is 158 g/mol. The van der Waals surface area contributed by atoms with Gasteiger partial charge in [-0.1, -0.05) is 0 Å². The lowest BCUT2D eigenvalue weighted by Gasteiger charge is -2.31. The van der Waals surface area contributed by atoms with Crippen LogP contribution in [0, 0.1) is 0 Å². The number of hydrogen-bond donors (Lipinski definition) is 2. The minimum Gasteiger partial charge on any atom is -0.427 e. The predicted octanol–water partition coefficient (Wildman–Crippen LogP) is 0.417. The van der Waals surface area contributed by atoms with Gasteiger partial charge in [0.05, 0.1) is 12.2 Å². The Morgan fingerprint density at radius 1 is 1.18 bits per heavy atom. The molecule has 0 bridgehead atoms. The molecule has 1 aliphatic heterocycles. The van der Waals surface area contributed by atoms with Gasteiger partial charge < -0.3 is 14.8 Å². The minimum absolute atomic E-state index is 0.00579. The van der Waals surface area contributed by atoms with Gasteiger partial charge in [-0.25, -0.2) is 0 Å². The van der Waals surface area contributed by atoms with Crippen molar-refractivity contribution >= 4 is 7.12 Å². The van der Waals surface area contributed by atoms with Crippen molar-refractivity contribution in [2.24, 2.45) is 0 Å². The molecule has 64 valence electrons. The Kier molecular flexibility index (Phi) is 2.93. The van der Waals surface area contributed by atoms with Crippen molar-refractivity contribution in [2.75, 3.05) is 0 Å². The first-order valence-corrected chi connectivity index (χ1v) is 4.11. The van der Waals surface area contributed by atoms with Gasteiger partial charge in [-0.2, -0.15) is 0 Å². The van der Waals surface area contributed by atoms with Gasteiger partial charge in [-0.05, 0) is 32.5 Å². The zero-order valence-corrected chi connectivity index (χ0v) is 7.03. The maximum Gasteiger partial charge on any atom is 0.454 e. The molecule has 1 aliphatic rings. The van der Waals surface area contributed by atoms with Crippen molar-refractivity contribution in [3.8, 4) is 0 Å². The van der Waals surface area contributed by atoms with Gasteiger partial charge in [-0.3, -0.25) is 0 Å². The van der Waals surface area contributed by atoms with Crippen LogP contribution < -0.4 is 0 Å². The highest BCUT2D eigenvalue weighted by molar-refractivity contribution is 6.43. The SMILES string of the molecule is CC1CC(B(O)O)CC(C)O1. The van der Waals surface area contributed by atoms with Crippen molar-refractivity contribution in [3.63, 3.8) is 0 Å². The van der Waals surface area contributed by atoms with Gasteiger partial charge in [0.25, 0.3) is 0 Å². The second kappa shape index (κ2) is 3.56. The summed E-state index contributed by atoms with van der Waals surface area (Å²) in [5.74, 6) is -0.00579. The molecule has 0 radical (unpaired) electrons. The third kappa shape index (κ3) is 2.47. The molecular weight excluding hydrogens is 143 g/mol. The Bertz CT molecular complexity index is 119. The molecule has 1 fully saturated rings. The van der Waals surface area contributed by atoms with Gasteiger partial charge in [0, 0.05) is 0 Å². The van der Waals surface area contributed by atoms with Gasteiger partial charge in [0.1, 0.15) is 0 Å². The smallest absolute Gasteiger partial charge is 0.427 e. The summed E-state index contributed by atoms with van der Waals surface area (Å²) in [6.45, 7) is 3.93. The van der Waals surface area contributed by atoms with E-state index in [0.717, 1.165) is 12.8 Å². The van der Waals surface area contributed by atoms with E-state index in [2.05, 4.69) is 0 Å². The molecule has 1 saturated heterocycles. The minimum atomic E-state index is -1.18. The first kappa shape index (κ1) is 9.04. The van der Waals surface area contributed by atoms with Gasteiger partial charge in [0.15, 0.2) is 0 Å². The van der Waals surface area contributed by atoms with Gasteiger partial charge >= 0.3 is 7.12 Å². The quantitative estimate of drug-likeness (QED) is 0.543. The molecule has 0 aromatic rings.